The molecule has 2 nitrogen and oxygen atoms in total. The summed E-state index contributed by atoms with van der Waals surface area (Å²) in [5.41, 5.74) is 7.66. The molecule has 0 aliphatic rings. The summed E-state index contributed by atoms with van der Waals surface area (Å²) in [7, 11) is 0. The zero-order valence-corrected chi connectivity index (χ0v) is 11.7. The van der Waals surface area contributed by atoms with E-state index in [0.717, 1.165) is 11.3 Å². The second-order valence-corrected chi connectivity index (χ2v) is 5.56. The molecular weight excluding hydrogens is 227 g/mol. The van der Waals surface area contributed by atoms with E-state index in [1.54, 1.807) is 6.07 Å². The van der Waals surface area contributed by atoms with Gasteiger partial charge in [0.15, 0.2) is 0 Å². The van der Waals surface area contributed by atoms with Crippen molar-refractivity contribution in [1.82, 2.24) is 0 Å². The molecule has 0 fully saturated rings. The van der Waals surface area contributed by atoms with Gasteiger partial charge in [-0.1, -0.05) is 6.08 Å². The molecule has 1 aromatic carbocycles. The Morgan fingerprint density at radius 3 is 2.50 bits per heavy atom. The molecule has 0 saturated heterocycles. The predicted molar refractivity (Wildman–Crippen MR) is 76.3 cm³/mol. The van der Waals surface area contributed by atoms with E-state index >= 15 is 0 Å². The van der Waals surface area contributed by atoms with Crippen LogP contribution in [0.4, 0.5) is 10.1 Å². The first-order chi connectivity index (χ1) is 8.27. The normalized spacial score (nSPS) is 13.2. The fraction of sp³-hybridized carbons (Fsp3) is 0.467. The van der Waals surface area contributed by atoms with E-state index in [1.165, 1.54) is 12.1 Å². The molecule has 3 heteroatoms. The Morgan fingerprint density at radius 2 is 2.06 bits per heavy atom. The number of benzene rings is 1. The van der Waals surface area contributed by atoms with Gasteiger partial charge in [-0.3, -0.25) is 0 Å². The molecule has 0 unspecified atom stereocenters. The fourth-order valence-corrected chi connectivity index (χ4v) is 2.00. The van der Waals surface area contributed by atoms with E-state index in [1.807, 2.05) is 13.0 Å². The second-order valence-electron chi connectivity index (χ2n) is 5.56. The van der Waals surface area contributed by atoms with Crippen LogP contribution >= 0.6 is 0 Å². The summed E-state index contributed by atoms with van der Waals surface area (Å²) in [5.74, 6) is -0.251. The maximum Gasteiger partial charge on any atom is 0.123 e. The maximum absolute atomic E-state index is 13.4. The van der Waals surface area contributed by atoms with Crippen molar-refractivity contribution in [3.8, 4) is 0 Å². The monoisotopic (exact) mass is 250 g/mol. The summed E-state index contributed by atoms with van der Waals surface area (Å²) < 4.78 is 13.4. The predicted octanol–water partition coefficient (Wildman–Crippen LogP) is 3.64. The van der Waals surface area contributed by atoms with Crippen LogP contribution in [0.3, 0.4) is 0 Å². The van der Waals surface area contributed by atoms with Gasteiger partial charge in [-0.05, 0) is 51.5 Å². The van der Waals surface area contributed by atoms with E-state index in [0.29, 0.717) is 6.54 Å². The Labute approximate surface area is 109 Å². The second kappa shape index (κ2) is 5.53. The van der Waals surface area contributed by atoms with Crippen LogP contribution in [0.25, 0.3) is 0 Å². The fourth-order valence-electron chi connectivity index (χ4n) is 2.00. The Bertz CT molecular complexity index is 419. The molecule has 0 radical (unpaired) electrons. The lowest BCUT2D eigenvalue weighted by Gasteiger charge is -2.38. The first-order valence-electron chi connectivity index (χ1n) is 6.21. The summed E-state index contributed by atoms with van der Waals surface area (Å²) in [4.78, 5) is 2.18. The van der Waals surface area contributed by atoms with Gasteiger partial charge in [-0.2, -0.15) is 0 Å². The minimum Gasteiger partial charge on any atom is -0.363 e. The van der Waals surface area contributed by atoms with Crippen molar-refractivity contribution in [2.45, 2.75) is 39.3 Å². The number of nitrogens with zero attached hydrogens (tertiary/aromatic N) is 1. The summed E-state index contributed by atoms with van der Waals surface area (Å²) in [6.45, 7) is 12.7. The van der Waals surface area contributed by atoms with Gasteiger partial charge in [-0.25, -0.2) is 4.39 Å². The van der Waals surface area contributed by atoms with Crippen molar-refractivity contribution < 1.29 is 4.39 Å². The van der Waals surface area contributed by atoms with Gasteiger partial charge >= 0.3 is 0 Å². The largest absolute Gasteiger partial charge is 0.363 e. The van der Waals surface area contributed by atoms with Crippen molar-refractivity contribution in [2.75, 3.05) is 11.4 Å². The number of hydrogen-bond acceptors (Lipinski definition) is 2. The Hall–Kier alpha value is -1.35. The number of rotatable bonds is 4. The molecule has 0 aromatic heterocycles. The molecule has 1 aromatic rings. The molecule has 0 amide bonds. The summed E-state index contributed by atoms with van der Waals surface area (Å²) >= 11 is 0. The third-order valence-corrected chi connectivity index (χ3v) is 2.89. The maximum atomic E-state index is 13.4. The molecule has 0 saturated carbocycles. The lowest BCUT2D eigenvalue weighted by Crippen LogP contribution is -2.42. The van der Waals surface area contributed by atoms with Gasteiger partial charge in [0.1, 0.15) is 5.82 Å². The molecule has 0 bridgehead atoms. The number of nitrogens with two attached hydrogens (primary N) is 1. The molecule has 0 aliphatic heterocycles. The van der Waals surface area contributed by atoms with Crippen LogP contribution in [-0.4, -0.2) is 12.1 Å². The zero-order valence-electron chi connectivity index (χ0n) is 11.7. The molecule has 1 rings (SSSR count). The summed E-state index contributed by atoms with van der Waals surface area (Å²) in [6, 6.07) is 4.58. The number of anilines is 1. The standard InChI is InChI=1S/C15H23FN2/c1-6-9-18(15(3,4)5)14-8-7-12(16)10-13(14)11(2)17/h6-8,10-11H,1,9,17H2,2-5H3/t11-/m1/s1. The SMILES string of the molecule is C=CCN(c1ccc(F)cc1[C@@H](C)N)C(C)(C)C. The third-order valence-electron chi connectivity index (χ3n) is 2.89. The molecule has 0 aliphatic carbocycles. The van der Waals surface area contributed by atoms with Crippen molar-refractivity contribution in [2.24, 2.45) is 5.73 Å². The van der Waals surface area contributed by atoms with Crippen LogP contribution in [0.5, 0.6) is 0 Å². The van der Waals surface area contributed by atoms with E-state index in [9.17, 15) is 4.39 Å². The summed E-state index contributed by atoms with van der Waals surface area (Å²) in [5, 5.41) is 0. The minimum atomic E-state index is -0.251. The van der Waals surface area contributed by atoms with Gasteiger partial charge in [0, 0.05) is 23.8 Å². The Morgan fingerprint density at radius 1 is 1.44 bits per heavy atom. The quantitative estimate of drug-likeness (QED) is 0.827. The van der Waals surface area contributed by atoms with Crippen LogP contribution in [0.2, 0.25) is 0 Å². The topological polar surface area (TPSA) is 29.3 Å². The molecule has 0 spiro atoms. The smallest absolute Gasteiger partial charge is 0.123 e. The summed E-state index contributed by atoms with van der Waals surface area (Å²) in [6.07, 6.45) is 1.85. The molecule has 1 atom stereocenters. The molecule has 0 heterocycles. The van der Waals surface area contributed by atoms with Gasteiger partial charge in [0.2, 0.25) is 0 Å². The van der Waals surface area contributed by atoms with E-state index in [2.05, 4.69) is 32.3 Å². The molecular formula is C15H23FN2. The third kappa shape index (κ3) is 3.33. The number of hydrogen-bond donors (Lipinski definition) is 1. The number of halogens is 1. The van der Waals surface area contributed by atoms with Gasteiger partial charge in [0.25, 0.3) is 0 Å². The van der Waals surface area contributed by atoms with Crippen LogP contribution in [-0.2, 0) is 0 Å². The highest BCUT2D eigenvalue weighted by Gasteiger charge is 2.23. The van der Waals surface area contributed by atoms with E-state index < -0.39 is 0 Å². The highest BCUT2D eigenvalue weighted by molar-refractivity contribution is 5.57. The first kappa shape index (κ1) is 14.7. The highest BCUT2D eigenvalue weighted by Crippen LogP contribution is 2.31. The van der Waals surface area contributed by atoms with Crippen LogP contribution in [0.1, 0.15) is 39.3 Å². The van der Waals surface area contributed by atoms with Crippen molar-refractivity contribution in [3.05, 3.63) is 42.2 Å². The zero-order chi connectivity index (χ0) is 13.9. The van der Waals surface area contributed by atoms with Gasteiger partial charge in [0.05, 0.1) is 0 Å². The van der Waals surface area contributed by atoms with Crippen molar-refractivity contribution in [1.29, 1.82) is 0 Å². The lowest BCUT2D eigenvalue weighted by atomic mass is 9.99. The van der Waals surface area contributed by atoms with Crippen molar-refractivity contribution in [3.63, 3.8) is 0 Å². The van der Waals surface area contributed by atoms with Crippen molar-refractivity contribution >= 4 is 5.69 Å². The average molecular weight is 250 g/mol. The average Bonchev–Trinajstić information content (AvgIpc) is 2.24. The Kier molecular flexibility index (Phi) is 4.52. The van der Waals surface area contributed by atoms with Crippen LogP contribution in [0, 0.1) is 5.82 Å². The van der Waals surface area contributed by atoms with E-state index in [4.69, 9.17) is 5.73 Å². The highest BCUT2D eigenvalue weighted by atomic mass is 19.1. The van der Waals surface area contributed by atoms with Crippen LogP contribution < -0.4 is 10.6 Å². The van der Waals surface area contributed by atoms with Gasteiger partial charge < -0.3 is 10.6 Å². The first-order valence-corrected chi connectivity index (χ1v) is 6.21. The van der Waals surface area contributed by atoms with Gasteiger partial charge in [-0.15, -0.1) is 6.58 Å². The molecule has 18 heavy (non-hydrogen) atoms. The Balaban J connectivity index is 3.31. The van der Waals surface area contributed by atoms with Crippen LogP contribution in [0.15, 0.2) is 30.9 Å². The van der Waals surface area contributed by atoms with E-state index in [-0.39, 0.29) is 17.4 Å². The lowest BCUT2D eigenvalue weighted by molar-refractivity contribution is 0.518. The minimum absolute atomic E-state index is 0.0738. The molecule has 2 N–H and O–H groups in total. The molecule has 100 valence electrons.